The van der Waals surface area contributed by atoms with Crippen LogP contribution in [0.3, 0.4) is 0 Å². The van der Waals surface area contributed by atoms with Crippen LogP contribution in [0.5, 0.6) is 5.75 Å². The average molecular weight is 472 g/mol. The standard InChI is InChI=1S/C24H26F2N4O4/c1-2-33-9-7-28-14-17-11-18(3-4-19(17)23(28)32)30-8-10-34-20-12-16(13-27-21(20)30)22(31)29-6-5-24(25,26)15-29/h3-4,11-13H,2,5-10,14-15H2,1H3. The molecule has 1 aromatic heterocycles. The number of rotatable bonds is 6. The van der Waals surface area contributed by atoms with Gasteiger partial charge in [-0.3, -0.25) is 9.59 Å². The number of pyridine rings is 1. The molecule has 2 aromatic rings. The number of alkyl halides is 2. The lowest BCUT2D eigenvalue weighted by Gasteiger charge is -2.30. The third kappa shape index (κ3) is 4.18. The lowest BCUT2D eigenvalue weighted by molar-refractivity contribution is 0.0120. The number of likely N-dealkylation sites (tertiary alicyclic amines) is 1. The highest BCUT2D eigenvalue weighted by atomic mass is 19.3. The molecule has 34 heavy (non-hydrogen) atoms. The fourth-order valence-electron chi connectivity index (χ4n) is 4.59. The minimum absolute atomic E-state index is 0.00241. The van der Waals surface area contributed by atoms with Crippen LogP contribution in [0.25, 0.3) is 0 Å². The summed E-state index contributed by atoms with van der Waals surface area (Å²) in [6.45, 7) is 4.46. The number of hydrogen-bond donors (Lipinski definition) is 0. The van der Waals surface area contributed by atoms with E-state index in [1.807, 2.05) is 30.0 Å². The monoisotopic (exact) mass is 472 g/mol. The van der Waals surface area contributed by atoms with Gasteiger partial charge in [0, 0.05) is 50.1 Å². The Bertz CT molecular complexity index is 1130. The summed E-state index contributed by atoms with van der Waals surface area (Å²) in [4.78, 5) is 34.7. The van der Waals surface area contributed by atoms with Crippen LogP contribution in [0.1, 0.15) is 39.6 Å². The first kappa shape index (κ1) is 22.5. The van der Waals surface area contributed by atoms with Crippen molar-refractivity contribution in [2.24, 2.45) is 0 Å². The molecule has 0 spiro atoms. The molecule has 8 nitrogen and oxygen atoms in total. The summed E-state index contributed by atoms with van der Waals surface area (Å²) < 4.78 is 38.2. The van der Waals surface area contributed by atoms with E-state index in [2.05, 4.69) is 4.98 Å². The summed E-state index contributed by atoms with van der Waals surface area (Å²) in [5.74, 6) is -2.35. The number of aromatic nitrogens is 1. The maximum atomic E-state index is 13.5. The zero-order valence-electron chi connectivity index (χ0n) is 18.9. The lowest BCUT2D eigenvalue weighted by Crippen LogP contribution is -2.32. The quantitative estimate of drug-likeness (QED) is 0.602. The van der Waals surface area contributed by atoms with Gasteiger partial charge < -0.3 is 24.2 Å². The van der Waals surface area contributed by atoms with Gasteiger partial charge in [0.2, 0.25) is 0 Å². The number of anilines is 2. The van der Waals surface area contributed by atoms with Crippen LogP contribution >= 0.6 is 0 Å². The number of amides is 2. The van der Waals surface area contributed by atoms with E-state index in [-0.39, 0.29) is 24.4 Å². The Hall–Kier alpha value is -3.27. The second kappa shape index (κ2) is 8.83. The minimum atomic E-state index is -2.85. The molecule has 10 heteroatoms. The Kier molecular flexibility index (Phi) is 5.85. The van der Waals surface area contributed by atoms with E-state index in [4.69, 9.17) is 9.47 Å². The number of benzene rings is 1. The largest absolute Gasteiger partial charge is 0.488 e. The van der Waals surface area contributed by atoms with Gasteiger partial charge in [0.05, 0.1) is 25.3 Å². The summed E-state index contributed by atoms with van der Waals surface area (Å²) in [5.41, 5.74) is 2.72. The van der Waals surface area contributed by atoms with Gasteiger partial charge in [-0.2, -0.15) is 0 Å². The second-order valence-corrected chi connectivity index (χ2v) is 8.64. The van der Waals surface area contributed by atoms with Crippen LogP contribution in [0.2, 0.25) is 0 Å². The molecule has 4 heterocycles. The highest BCUT2D eigenvalue weighted by Gasteiger charge is 2.40. The van der Waals surface area contributed by atoms with E-state index in [1.54, 1.807) is 11.0 Å². The molecule has 1 saturated heterocycles. The van der Waals surface area contributed by atoms with Crippen molar-refractivity contribution in [2.45, 2.75) is 25.8 Å². The Morgan fingerprint density at radius 1 is 1.26 bits per heavy atom. The summed E-state index contributed by atoms with van der Waals surface area (Å²) in [6.07, 6.45) is 1.08. The fraction of sp³-hybridized carbons (Fsp3) is 0.458. The fourth-order valence-corrected chi connectivity index (χ4v) is 4.59. The smallest absolute Gasteiger partial charge is 0.267 e. The summed E-state index contributed by atoms with van der Waals surface area (Å²) in [7, 11) is 0. The van der Waals surface area contributed by atoms with Gasteiger partial charge in [0.15, 0.2) is 11.6 Å². The number of halogens is 2. The van der Waals surface area contributed by atoms with E-state index in [0.29, 0.717) is 56.6 Å². The molecule has 0 saturated carbocycles. The second-order valence-electron chi connectivity index (χ2n) is 8.64. The molecular weight excluding hydrogens is 446 g/mol. The summed E-state index contributed by atoms with van der Waals surface area (Å²) in [6, 6.07) is 7.26. The first-order valence-corrected chi connectivity index (χ1v) is 11.4. The van der Waals surface area contributed by atoms with E-state index in [0.717, 1.165) is 16.2 Å². The molecule has 3 aliphatic heterocycles. The van der Waals surface area contributed by atoms with E-state index in [9.17, 15) is 18.4 Å². The van der Waals surface area contributed by atoms with Crippen molar-refractivity contribution in [1.82, 2.24) is 14.8 Å². The Morgan fingerprint density at radius 2 is 2.12 bits per heavy atom. The van der Waals surface area contributed by atoms with Crippen molar-refractivity contribution in [3.05, 3.63) is 47.2 Å². The van der Waals surface area contributed by atoms with Crippen molar-refractivity contribution < 1.29 is 27.8 Å². The number of carbonyl (C=O) groups is 2. The highest BCUT2D eigenvalue weighted by molar-refractivity contribution is 5.99. The first-order valence-electron chi connectivity index (χ1n) is 11.4. The van der Waals surface area contributed by atoms with Gasteiger partial charge in [-0.15, -0.1) is 0 Å². The molecule has 5 rings (SSSR count). The molecule has 1 fully saturated rings. The molecule has 0 N–H and O–H groups in total. The van der Waals surface area contributed by atoms with Crippen molar-refractivity contribution in [1.29, 1.82) is 0 Å². The highest BCUT2D eigenvalue weighted by Crippen LogP contribution is 2.37. The number of ether oxygens (including phenoxy) is 2. The van der Waals surface area contributed by atoms with Crippen molar-refractivity contribution >= 4 is 23.3 Å². The summed E-state index contributed by atoms with van der Waals surface area (Å²) >= 11 is 0. The van der Waals surface area contributed by atoms with Crippen LogP contribution in [0.15, 0.2) is 30.5 Å². The third-order valence-corrected chi connectivity index (χ3v) is 6.35. The maximum Gasteiger partial charge on any atom is 0.267 e. The molecule has 0 bridgehead atoms. The normalized spacial score (nSPS) is 18.7. The Morgan fingerprint density at radius 3 is 2.88 bits per heavy atom. The Labute approximate surface area is 196 Å². The molecule has 2 amide bonds. The number of hydrogen-bond acceptors (Lipinski definition) is 6. The predicted octanol–water partition coefficient (Wildman–Crippen LogP) is 3.09. The van der Waals surface area contributed by atoms with Crippen LogP contribution in [0.4, 0.5) is 20.3 Å². The van der Waals surface area contributed by atoms with Gasteiger partial charge in [-0.1, -0.05) is 0 Å². The molecule has 3 aliphatic rings. The predicted molar refractivity (Wildman–Crippen MR) is 120 cm³/mol. The van der Waals surface area contributed by atoms with Crippen LogP contribution in [-0.4, -0.2) is 78.5 Å². The van der Waals surface area contributed by atoms with Gasteiger partial charge >= 0.3 is 0 Å². The third-order valence-electron chi connectivity index (χ3n) is 6.35. The number of carbonyl (C=O) groups excluding carboxylic acids is 2. The molecule has 0 radical (unpaired) electrons. The average Bonchev–Trinajstić information content (AvgIpc) is 3.36. The van der Waals surface area contributed by atoms with Gasteiger partial charge in [-0.05, 0) is 36.8 Å². The van der Waals surface area contributed by atoms with Gasteiger partial charge in [-0.25, -0.2) is 13.8 Å². The van der Waals surface area contributed by atoms with Crippen molar-refractivity contribution in [3.8, 4) is 5.75 Å². The zero-order valence-corrected chi connectivity index (χ0v) is 18.9. The van der Waals surface area contributed by atoms with Crippen LogP contribution < -0.4 is 9.64 Å². The van der Waals surface area contributed by atoms with Crippen LogP contribution in [0, 0.1) is 0 Å². The molecule has 0 aliphatic carbocycles. The lowest BCUT2D eigenvalue weighted by atomic mass is 10.1. The number of fused-ring (bicyclic) bond motifs is 2. The zero-order chi connectivity index (χ0) is 23.9. The number of nitrogens with zero attached hydrogens (tertiary/aromatic N) is 4. The van der Waals surface area contributed by atoms with Gasteiger partial charge in [0.1, 0.15) is 6.61 Å². The summed E-state index contributed by atoms with van der Waals surface area (Å²) in [5, 5.41) is 0. The molecule has 0 unspecified atom stereocenters. The molecule has 1 aromatic carbocycles. The minimum Gasteiger partial charge on any atom is -0.488 e. The molecule has 180 valence electrons. The van der Waals surface area contributed by atoms with E-state index >= 15 is 0 Å². The molecular formula is C24H26F2N4O4. The van der Waals surface area contributed by atoms with Crippen molar-refractivity contribution in [2.75, 3.05) is 50.9 Å². The maximum absolute atomic E-state index is 13.5. The Balaban J connectivity index is 1.35. The van der Waals surface area contributed by atoms with E-state index < -0.39 is 18.4 Å². The first-order chi connectivity index (χ1) is 16.4. The molecule has 0 atom stereocenters. The van der Waals surface area contributed by atoms with Gasteiger partial charge in [0.25, 0.3) is 17.7 Å². The SMILES string of the molecule is CCOCCN1Cc2cc(N3CCOc4cc(C(=O)N5CCC(F)(F)C5)cnc43)ccc2C1=O. The van der Waals surface area contributed by atoms with Crippen molar-refractivity contribution in [3.63, 3.8) is 0 Å². The van der Waals surface area contributed by atoms with Crippen LogP contribution in [-0.2, 0) is 11.3 Å². The topological polar surface area (TPSA) is 75.2 Å². The van der Waals surface area contributed by atoms with E-state index in [1.165, 1.54) is 6.20 Å².